The molecule has 0 bridgehead atoms. The summed E-state index contributed by atoms with van der Waals surface area (Å²) in [4.78, 5) is 0. The monoisotopic (exact) mass is 237 g/mol. The van der Waals surface area contributed by atoms with Crippen LogP contribution >= 0.6 is 0 Å². The van der Waals surface area contributed by atoms with Crippen LogP contribution in [0.5, 0.6) is 5.88 Å². The number of rotatable bonds is 8. The van der Waals surface area contributed by atoms with Crippen molar-refractivity contribution in [2.45, 2.75) is 51.5 Å². The third kappa shape index (κ3) is 5.13. The number of methoxy groups -OCH3 is 1. The first kappa shape index (κ1) is 13.9. The molecule has 1 aromatic rings. The number of hydrogen-bond donors (Lipinski definition) is 1. The van der Waals surface area contributed by atoms with E-state index in [1.54, 1.807) is 13.2 Å². The van der Waals surface area contributed by atoms with Crippen LogP contribution in [0.2, 0.25) is 0 Å². The zero-order valence-corrected chi connectivity index (χ0v) is 10.9. The highest BCUT2D eigenvalue weighted by atomic mass is 16.5. The summed E-state index contributed by atoms with van der Waals surface area (Å²) in [5.41, 5.74) is 6.91. The van der Waals surface area contributed by atoms with Crippen molar-refractivity contribution < 1.29 is 4.74 Å². The molecule has 1 atom stereocenters. The number of ether oxygens (including phenoxy) is 1. The first-order valence-electron chi connectivity index (χ1n) is 6.41. The van der Waals surface area contributed by atoms with Crippen LogP contribution in [-0.4, -0.2) is 17.3 Å². The van der Waals surface area contributed by atoms with Crippen molar-refractivity contribution in [2.75, 3.05) is 7.11 Å². The molecule has 1 heterocycles. The molecule has 0 aliphatic carbocycles. The van der Waals surface area contributed by atoms with Gasteiger partial charge in [-0.1, -0.05) is 39.0 Å². The maximum Gasteiger partial charge on any atom is 0.233 e. The second-order valence-corrected chi connectivity index (χ2v) is 4.31. The van der Waals surface area contributed by atoms with E-state index in [-0.39, 0.29) is 6.04 Å². The Balaban J connectivity index is 2.28. The van der Waals surface area contributed by atoms with E-state index in [1.165, 1.54) is 25.7 Å². The lowest BCUT2D eigenvalue weighted by molar-refractivity contribution is 0.390. The Morgan fingerprint density at radius 1 is 1.18 bits per heavy atom. The van der Waals surface area contributed by atoms with Gasteiger partial charge in [-0.05, 0) is 12.5 Å². The zero-order chi connectivity index (χ0) is 12.5. The van der Waals surface area contributed by atoms with Crippen molar-refractivity contribution in [3.05, 3.63) is 17.8 Å². The molecule has 2 N–H and O–H groups in total. The Labute approximate surface area is 104 Å². The van der Waals surface area contributed by atoms with Crippen LogP contribution in [0.15, 0.2) is 12.1 Å². The first-order chi connectivity index (χ1) is 8.27. The van der Waals surface area contributed by atoms with Gasteiger partial charge in [0.2, 0.25) is 5.88 Å². The van der Waals surface area contributed by atoms with Gasteiger partial charge in [-0.15, -0.1) is 5.10 Å². The van der Waals surface area contributed by atoms with Crippen molar-refractivity contribution >= 4 is 0 Å². The van der Waals surface area contributed by atoms with E-state index in [2.05, 4.69) is 17.1 Å². The molecule has 1 unspecified atom stereocenters. The molecule has 0 aromatic carbocycles. The molecule has 4 nitrogen and oxygen atoms in total. The highest BCUT2D eigenvalue weighted by molar-refractivity contribution is 5.13. The summed E-state index contributed by atoms with van der Waals surface area (Å²) in [7, 11) is 1.58. The lowest BCUT2D eigenvalue weighted by Gasteiger charge is -2.10. The fourth-order valence-electron chi connectivity index (χ4n) is 1.75. The van der Waals surface area contributed by atoms with Gasteiger partial charge < -0.3 is 10.5 Å². The van der Waals surface area contributed by atoms with Gasteiger partial charge in [-0.2, -0.15) is 5.10 Å². The van der Waals surface area contributed by atoms with Gasteiger partial charge in [0, 0.05) is 12.1 Å². The Hall–Kier alpha value is -1.16. The second-order valence-electron chi connectivity index (χ2n) is 4.31. The summed E-state index contributed by atoms with van der Waals surface area (Å²) in [5, 5.41) is 7.99. The number of unbranched alkanes of at least 4 members (excludes halogenated alkanes) is 4. The smallest absolute Gasteiger partial charge is 0.233 e. The van der Waals surface area contributed by atoms with Gasteiger partial charge in [-0.25, -0.2) is 0 Å². The third-order valence-electron chi connectivity index (χ3n) is 2.87. The van der Waals surface area contributed by atoms with Gasteiger partial charge >= 0.3 is 0 Å². The van der Waals surface area contributed by atoms with Gasteiger partial charge in [0.15, 0.2) is 0 Å². The van der Waals surface area contributed by atoms with Crippen molar-refractivity contribution in [1.29, 1.82) is 0 Å². The maximum absolute atomic E-state index is 6.06. The number of aromatic nitrogens is 2. The Morgan fingerprint density at radius 2 is 1.94 bits per heavy atom. The summed E-state index contributed by atoms with van der Waals surface area (Å²) in [6, 6.07) is 3.69. The number of nitrogens with two attached hydrogens (primary N) is 1. The van der Waals surface area contributed by atoms with E-state index in [0.29, 0.717) is 5.88 Å². The van der Waals surface area contributed by atoms with Gasteiger partial charge in [-0.3, -0.25) is 0 Å². The van der Waals surface area contributed by atoms with Crippen LogP contribution in [-0.2, 0) is 0 Å². The highest BCUT2D eigenvalue weighted by Gasteiger charge is 2.08. The van der Waals surface area contributed by atoms with E-state index in [1.807, 2.05) is 6.07 Å². The molecule has 0 aliphatic heterocycles. The zero-order valence-electron chi connectivity index (χ0n) is 10.9. The molecule has 4 heteroatoms. The Morgan fingerprint density at radius 3 is 2.53 bits per heavy atom. The van der Waals surface area contributed by atoms with Crippen LogP contribution in [0.1, 0.15) is 57.2 Å². The van der Waals surface area contributed by atoms with E-state index in [4.69, 9.17) is 10.5 Å². The minimum Gasteiger partial charge on any atom is -0.480 e. The van der Waals surface area contributed by atoms with Crippen molar-refractivity contribution in [2.24, 2.45) is 5.73 Å². The van der Waals surface area contributed by atoms with Crippen LogP contribution in [0.3, 0.4) is 0 Å². The fourth-order valence-corrected chi connectivity index (χ4v) is 1.75. The van der Waals surface area contributed by atoms with Gasteiger partial charge in [0.05, 0.1) is 12.8 Å². The third-order valence-corrected chi connectivity index (χ3v) is 2.87. The molecular weight excluding hydrogens is 214 g/mol. The largest absolute Gasteiger partial charge is 0.480 e. The molecule has 0 saturated carbocycles. The summed E-state index contributed by atoms with van der Waals surface area (Å²) in [5.74, 6) is 0.531. The topological polar surface area (TPSA) is 61.0 Å². The van der Waals surface area contributed by atoms with Crippen LogP contribution in [0.4, 0.5) is 0 Å². The normalized spacial score (nSPS) is 12.4. The summed E-state index contributed by atoms with van der Waals surface area (Å²) in [6.45, 7) is 2.22. The van der Waals surface area contributed by atoms with Crippen LogP contribution < -0.4 is 10.5 Å². The molecule has 0 fully saturated rings. The molecule has 0 radical (unpaired) electrons. The highest BCUT2D eigenvalue weighted by Crippen LogP contribution is 2.16. The predicted octanol–water partition coefficient (Wildman–Crippen LogP) is 2.85. The summed E-state index contributed by atoms with van der Waals surface area (Å²) in [6.07, 6.45) is 7.29. The van der Waals surface area contributed by atoms with Gasteiger partial charge in [0.1, 0.15) is 0 Å². The molecule has 96 valence electrons. The van der Waals surface area contributed by atoms with Crippen LogP contribution in [0, 0.1) is 0 Å². The minimum absolute atomic E-state index is 0.00460. The molecule has 0 amide bonds. The summed E-state index contributed by atoms with van der Waals surface area (Å²) < 4.78 is 4.96. The van der Waals surface area contributed by atoms with E-state index in [0.717, 1.165) is 18.5 Å². The predicted molar refractivity (Wildman–Crippen MR) is 68.9 cm³/mol. The second kappa shape index (κ2) is 8.01. The van der Waals surface area contributed by atoms with Crippen LogP contribution in [0.25, 0.3) is 0 Å². The van der Waals surface area contributed by atoms with Crippen molar-refractivity contribution in [3.8, 4) is 5.88 Å². The quantitative estimate of drug-likeness (QED) is 0.706. The van der Waals surface area contributed by atoms with Crippen molar-refractivity contribution in [1.82, 2.24) is 10.2 Å². The van der Waals surface area contributed by atoms with E-state index in [9.17, 15) is 0 Å². The number of nitrogens with zero attached hydrogens (tertiary/aromatic N) is 2. The van der Waals surface area contributed by atoms with E-state index < -0.39 is 0 Å². The average molecular weight is 237 g/mol. The van der Waals surface area contributed by atoms with Crippen molar-refractivity contribution in [3.63, 3.8) is 0 Å². The standard InChI is InChI=1S/C13H23N3O/c1-3-4-5-6-7-8-11(14)12-9-10-13(17-2)16-15-12/h9-11H,3-8,14H2,1-2H3. The maximum atomic E-state index is 6.06. The lowest BCUT2D eigenvalue weighted by Crippen LogP contribution is -2.12. The first-order valence-corrected chi connectivity index (χ1v) is 6.41. The number of hydrogen-bond acceptors (Lipinski definition) is 4. The lowest BCUT2D eigenvalue weighted by atomic mass is 10.0. The molecule has 1 rings (SSSR count). The molecule has 1 aromatic heterocycles. The Kier molecular flexibility index (Phi) is 6.55. The minimum atomic E-state index is -0.00460. The fraction of sp³-hybridized carbons (Fsp3) is 0.692. The van der Waals surface area contributed by atoms with E-state index >= 15 is 0 Å². The SMILES string of the molecule is CCCCCCCC(N)c1ccc(OC)nn1. The Bertz CT molecular complexity index is 300. The average Bonchev–Trinajstić information content (AvgIpc) is 2.38. The molecule has 17 heavy (non-hydrogen) atoms. The molecular formula is C13H23N3O. The molecule has 0 saturated heterocycles. The summed E-state index contributed by atoms with van der Waals surface area (Å²) >= 11 is 0. The molecule has 0 spiro atoms. The van der Waals surface area contributed by atoms with Gasteiger partial charge in [0.25, 0.3) is 0 Å². The molecule has 0 aliphatic rings.